The van der Waals surface area contributed by atoms with Crippen LogP contribution in [0.5, 0.6) is 0 Å². The van der Waals surface area contributed by atoms with Crippen molar-refractivity contribution in [3.8, 4) is 6.07 Å². The predicted molar refractivity (Wildman–Crippen MR) is 69.7 cm³/mol. The summed E-state index contributed by atoms with van der Waals surface area (Å²) in [5.41, 5.74) is -0.167. The van der Waals surface area contributed by atoms with E-state index in [9.17, 15) is 0 Å². The summed E-state index contributed by atoms with van der Waals surface area (Å²) in [6.45, 7) is 8.18. The van der Waals surface area contributed by atoms with Gasteiger partial charge in [-0.05, 0) is 59.0 Å². The maximum absolute atomic E-state index is 8.94. The van der Waals surface area contributed by atoms with Crippen LogP contribution in [-0.4, -0.2) is 38.3 Å². The van der Waals surface area contributed by atoms with Crippen LogP contribution in [0.2, 0.25) is 0 Å². The van der Waals surface area contributed by atoms with E-state index in [0.29, 0.717) is 0 Å². The van der Waals surface area contributed by atoms with Crippen LogP contribution >= 0.6 is 0 Å². The van der Waals surface area contributed by atoms with E-state index in [1.54, 1.807) is 0 Å². The van der Waals surface area contributed by atoms with Crippen LogP contribution in [0, 0.1) is 22.7 Å². The van der Waals surface area contributed by atoms with Gasteiger partial charge in [-0.2, -0.15) is 5.26 Å². The van der Waals surface area contributed by atoms with Crippen LogP contribution in [0.25, 0.3) is 0 Å². The second-order valence-corrected chi connectivity index (χ2v) is 5.92. The molecule has 1 heterocycles. The molecule has 1 aliphatic heterocycles. The topological polar surface area (TPSA) is 36.3 Å². The fraction of sp³-hybridized carbons (Fsp3) is 0.929. The summed E-state index contributed by atoms with van der Waals surface area (Å²) >= 11 is 0. The molecule has 1 rings (SSSR count). The molecule has 3 nitrogen and oxygen atoms in total. The standard InChI is InChI=1S/C14H26N2O/c1-14(2,12-15)7-4-8-16(3)11-13-5-9-17-10-6-13/h13H,4-11H2,1-3H3. The van der Waals surface area contributed by atoms with Crippen LogP contribution in [0.15, 0.2) is 0 Å². The third-order valence-electron chi connectivity index (χ3n) is 3.56. The van der Waals surface area contributed by atoms with Gasteiger partial charge in [-0.25, -0.2) is 0 Å². The van der Waals surface area contributed by atoms with E-state index >= 15 is 0 Å². The minimum absolute atomic E-state index is 0.167. The number of nitriles is 1. The van der Waals surface area contributed by atoms with Crippen molar-refractivity contribution in [2.45, 2.75) is 39.5 Å². The average molecular weight is 238 g/mol. The molecule has 1 saturated heterocycles. The molecule has 0 atom stereocenters. The molecule has 17 heavy (non-hydrogen) atoms. The zero-order valence-electron chi connectivity index (χ0n) is 11.5. The zero-order chi connectivity index (χ0) is 12.7. The van der Waals surface area contributed by atoms with Gasteiger partial charge in [-0.15, -0.1) is 0 Å². The highest BCUT2D eigenvalue weighted by molar-refractivity contribution is 4.91. The molecule has 98 valence electrons. The van der Waals surface area contributed by atoms with Crippen molar-refractivity contribution in [2.75, 3.05) is 33.4 Å². The lowest BCUT2D eigenvalue weighted by Gasteiger charge is -2.27. The van der Waals surface area contributed by atoms with Crippen LogP contribution < -0.4 is 0 Å². The quantitative estimate of drug-likeness (QED) is 0.714. The van der Waals surface area contributed by atoms with Crippen LogP contribution in [-0.2, 0) is 4.74 Å². The van der Waals surface area contributed by atoms with Gasteiger partial charge in [0.05, 0.1) is 11.5 Å². The van der Waals surface area contributed by atoms with Gasteiger partial charge in [0.25, 0.3) is 0 Å². The number of rotatable bonds is 6. The molecule has 0 bridgehead atoms. The highest BCUT2D eigenvalue weighted by Gasteiger charge is 2.18. The Hall–Kier alpha value is -0.590. The smallest absolute Gasteiger partial charge is 0.0683 e. The summed E-state index contributed by atoms with van der Waals surface area (Å²) in [6.07, 6.45) is 4.50. The van der Waals surface area contributed by atoms with Crippen molar-refractivity contribution in [1.29, 1.82) is 5.26 Å². The van der Waals surface area contributed by atoms with Crippen molar-refractivity contribution in [3.05, 3.63) is 0 Å². The molecule has 0 unspecified atom stereocenters. The predicted octanol–water partition coefficient (Wildman–Crippen LogP) is 2.67. The second kappa shape index (κ2) is 6.98. The first-order valence-corrected chi connectivity index (χ1v) is 6.71. The summed E-state index contributed by atoms with van der Waals surface area (Å²) < 4.78 is 5.37. The highest BCUT2D eigenvalue weighted by Crippen LogP contribution is 2.21. The van der Waals surface area contributed by atoms with Crippen molar-refractivity contribution < 1.29 is 4.74 Å². The van der Waals surface area contributed by atoms with Gasteiger partial charge in [-0.3, -0.25) is 0 Å². The van der Waals surface area contributed by atoms with Crippen LogP contribution in [0.3, 0.4) is 0 Å². The first-order valence-electron chi connectivity index (χ1n) is 6.71. The Morgan fingerprint density at radius 2 is 2.00 bits per heavy atom. The molecule has 0 aliphatic carbocycles. The molecule has 1 fully saturated rings. The number of hydrogen-bond donors (Lipinski definition) is 0. The maximum atomic E-state index is 8.94. The molecule has 0 saturated carbocycles. The molecule has 0 aromatic heterocycles. The average Bonchev–Trinajstić information content (AvgIpc) is 2.30. The molecule has 0 spiro atoms. The van der Waals surface area contributed by atoms with Crippen molar-refractivity contribution in [2.24, 2.45) is 11.3 Å². The number of hydrogen-bond acceptors (Lipinski definition) is 3. The molecule has 0 aromatic rings. The highest BCUT2D eigenvalue weighted by atomic mass is 16.5. The van der Waals surface area contributed by atoms with Gasteiger partial charge in [0.1, 0.15) is 0 Å². The first kappa shape index (κ1) is 14.5. The Morgan fingerprint density at radius 1 is 1.35 bits per heavy atom. The Labute approximate surface area is 106 Å². The first-order chi connectivity index (χ1) is 8.03. The van der Waals surface area contributed by atoms with Gasteiger partial charge in [0.2, 0.25) is 0 Å². The monoisotopic (exact) mass is 238 g/mol. The Morgan fingerprint density at radius 3 is 2.59 bits per heavy atom. The Bertz CT molecular complexity index is 251. The summed E-state index contributed by atoms with van der Waals surface area (Å²) in [5.74, 6) is 0.803. The van der Waals surface area contributed by atoms with Crippen molar-refractivity contribution in [1.82, 2.24) is 4.90 Å². The van der Waals surface area contributed by atoms with Crippen molar-refractivity contribution >= 4 is 0 Å². The molecule has 3 heteroatoms. The maximum Gasteiger partial charge on any atom is 0.0683 e. The lowest BCUT2D eigenvalue weighted by atomic mass is 9.90. The van der Waals surface area contributed by atoms with E-state index in [1.165, 1.54) is 19.4 Å². The fourth-order valence-corrected chi connectivity index (χ4v) is 2.31. The van der Waals surface area contributed by atoms with Gasteiger partial charge in [0, 0.05) is 19.8 Å². The third-order valence-corrected chi connectivity index (χ3v) is 3.56. The molecule has 0 radical (unpaired) electrons. The molecule has 1 aliphatic rings. The summed E-state index contributed by atoms with van der Waals surface area (Å²) in [6, 6.07) is 2.36. The SMILES string of the molecule is CN(CCCC(C)(C)C#N)CC1CCOCC1. The minimum atomic E-state index is -0.167. The van der Waals surface area contributed by atoms with E-state index in [-0.39, 0.29) is 5.41 Å². The Kier molecular flexibility index (Phi) is 5.94. The molecular weight excluding hydrogens is 212 g/mol. The van der Waals surface area contributed by atoms with E-state index in [1.807, 2.05) is 13.8 Å². The Balaban J connectivity index is 2.12. The lowest BCUT2D eigenvalue weighted by Crippen LogP contribution is -2.30. The minimum Gasteiger partial charge on any atom is -0.381 e. The van der Waals surface area contributed by atoms with E-state index in [4.69, 9.17) is 10.00 Å². The van der Waals surface area contributed by atoms with Gasteiger partial charge in [-0.1, -0.05) is 0 Å². The van der Waals surface area contributed by atoms with E-state index < -0.39 is 0 Å². The van der Waals surface area contributed by atoms with Gasteiger partial charge >= 0.3 is 0 Å². The molecule has 0 N–H and O–H groups in total. The van der Waals surface area contributed by atoms with E-state index in [2.05, 4.69) is 18.0 Å². The fourth-order valence-electron chi connectivity index (χ4n) is 2.31. The molecule has 0 amide bonds. The van der Waals surface area contributed by atoms with Crippen LogP contribution in [0.1, 0.15) is 39.5 Å². The summed E-state index contributed by atoms with van der Waals surface area (Å²) in [4.78, 5) is 2.41. The molecular formula is C14H26N2O. The largest absolute Gasteiger partial charge is 0.381 e. The lowest BCUT2D eigenvalue weighted by molar-refractivity contribution is 0.0554. The van der Waals surface area contributed by atoms with Crippen molar-refractivity contribution in [3.63, 3.8) is 0 Å². The van der Waals surface area contributed by atoms with Crippen LogP contribution in [0.4, 0.5) is 0 Å². The summed E-state index contributed by atoms with van der Waals surface area (Å²) in [5, 5.41) is 8.94. The summed E-state index contributed by atoms with van der Waals surface area (Å²) in [7, 11) is 2.19. The second-order valence-electron chi connectivity index (χ2n) is 5.92. The zero-order valence-corrected chi connectivity index (χ0v) is 11.5. The number of nitrogens with zero attached hydrogens (tertiary/aromatic N) is 2. The normalized spacial score (nSPS) is 18.3. The molecule has 0 aromatic carbocycles. The number of ether oxygens (including phenoxy) is 1. The third kappa shape index (κ3) is 6.05. The van der Waals surface area contributed by atoms with Gasteiger partial charge < -0.3 is 9.64 Å². The van der Waals surface area contributed by atoms with E-state index in [0.717, 1.165) is 38.5 Å². The van der Waals surface area contributed by atoms with Gasteiger partial charge in [0.15, 0.2) is 0 Å².